The Morgan fingerprint density at radius 3 is 2.42 bits per heavy atom. The topological polar surface area (TPSA) is 79.2 Å². The van der Waals surface area contributed by atoms with Crippen molar-refractivity contribution >= 4 is 6.03 Å². The van der Waals surface area contributed by atoms with Crippen molar-refractivity contribution in [1.29, 1.82) is 0 Å². The Balaban J connectivity index is 1.76. The van der Waals surface area contributed by atoms with Crippen molar-refractivity contribution in [3.8, 4) is 0 Å². The van der Waals surface area contributed by atoms with Crippen LogP contribution in [0.2, 0.25) is 0 Å². The second kappa shape index (κ2) is 8.49. The van der Waals surface area contributed by atoms with Crippen LogP contribution in [0, 0.1) is 0 Å². The van der Waals surface area contributed by atoms with Crippen molar-refractivity contribution in [1.82, 2.24) is 20.2 Å². The zero-order chi connectivity index (χ0) is 17.4. The minimum atomic E-state index is -0.827. The van der Waals surface area contributed by atoms with Crippen molar-refractivity contribution in [2.24, 2.45) is 0 Å². The summed E-state index contributed by atoms with van der Waals surface area (Å²) in [6.07, 6.45) is 6.69. The Labute approximate surface area is 142 Å². The quantitative estimate of drug-likeness (QED) is 0.695. The standard InChI is InChI=1S/C18H26N4O2/c1-3-18(24,4-2)13-21-17(23)20-11-15-5-7-16(8-6-15)12-22-10-9-19-14-22/h5-10,14,24H,3-4,11-13H2,1-2H3,(H2,20,21,23). The van der Waals surface area contributed by atoms with Crippen LogP contribution in [0.5, 0.6) is 0 Å². The summed E-state index contributed by atoms with van der Waals surface area (Å²) >= 11 is 0. The molecule has 1 aromatic carbocycles. The normalized spacial score (nSPS) is 11.3. The molecule has 130 valence electrons. The number of carbonyl (C=O) groups excluding carboxylic acids is 1. The van der Waals surface area contributed by atoms with Crippen LogP contribution in [-0.4, -0.2) is 32.8 Å². The molecule has 0 saturated carbocycles. The smallest absolute Gasteiger partial charge is 0.315 e. The largest absolute Gasteiger partial charge is 0.388 e. The van der Waals surface area contributed by atoms with E-state index in [0.717, 1.165) is 12.1 Å². The first-order valence-electron chi connectivity index (χ1n) is 8.32. The minimum Gasteiger partial charge on any atom is -0.388 e. The SMILES string of the molecule is CCC(O)(CC)CNC(=O)NCc1ccc(Cn2ccnc2)cc1. The molecular formula is C18H26N4O2. The van der Waals surface area contributed by atoms with Crippen LogP contribution in [0.3, 0.4) is 0 Å². The van der Waals surface area contributed by atoms with E-state index >= 15 is 0 Å². The Hall–Kier alpha value is -2.34. The highest BCUT2D eigenvalue weighted by molar-refractivity contribution is 5.73. The summed E-state index contributed by atoms with van der Waals surface area (Å²) in [5.41, 5.74) is 1.38. The molecular weight excluding hydrogens is 304 g/mol. The summed E-state index contributed by atoms with van der Waals surface area (Å²) in [5, 5.41) is 15.7. The fourth-order valence-corrected chi connectivity index (χ4v) is 2.34. The second-order valence-corrected chi connectivity index (χ2v) is 6.02. The van der Waals surface area contributed by atoms with Crippen molar-refractivity contribution < 1.29 is 9.90 Å². The predicted molar refractivity (Wildman–Crippen MR) is 93.5 cm³/mol. The van der Waals surface area contributed by atoms with Crippen molar-refractivity contribution in [3.05, 3.63) is 54.1 Å². The average molecular weight is 330 g/mol. The van der Waals surface area contributed by atoms with E-state index in [0.29, 0.717) is 19.4 Å². The number of urea groups is 1. The molecule has 2 amide bonds. The Kier molecular flexibility index (Phi) is 6.37. The van der Waals surface area contributed by atoms with E-state index in [1.807, 2.05) is 48.9 Å². The van der Waals surface area contributed by atoms with E-state index in [1.165, 1.54) is 5.56 Å². The summed E-state index contributed by atoms with van der Waals surface area (Å²) < 4.78 is 2.00. The monoisotopic (exact) mass is 330 g/mol. The fourth-order valence-electron chi connectivity index (χ4n) is 2.34. The third kappa shape index (κ3) is 5.38. The number of carbonyl (C=O) groups is 1. The molecule has 2 rings (SSSR count). The van der Waals surface area contributed by atoms with E-state index < -0.39 is 5.60 Å². The number of hydrogen-bond acceptors (Lipinski definition) is 3. The molecule has 0 aliphatic heterocycles. The van der Waals surface area contributed by atoms with Gasteiger partial charge in [-0.25, -0.2) is 9.78 Å². The predicted octanol–water partition coefficient (Wildman–Crippen LogP) is 2.28. The first-order valence-corrected chi connectivity index (χ1v) is 8.32. The third-order valence-electron chi connectivity index (χ3n) is 4.29. The van der Waals surface area contributed by atoms with Gasteiger partial charge in [0.15, 0.2) is 0 Å². The summed E-state index contributed by atoms with van der Waals surface area (Å²) in [6.45, 7) is 5.31. The van der Waals surface area contributed by atoms with Crippen LogP contribution < -0.4 is 10.6 Å². The van der Waals surface area contributed by atoms with Gasteiger partial charge in [0, 0.05) is 32.0 Å². The molecule has 1 aromatic heterocycles. The highest BCUT2D eigenvalue weighted by Gasteiger charge is 2.22. The average Bonchev–Trinajstić information content (AvgIpc) is 3.12. The van der Waals surface area contributed by atoms with Gasteiger partial charge in [-0.15, -0.1) is 0 Å². The van der Waals surface area contributed by atoms with Gasteiger partial charge in [-0.1, -0.05) is 38.1 Å². The molecule has 0 fully saturated rings. The lowest BCUT2D eigenvalue weighted by atomic mass is 9.98. The molecule has 0 bridgehead atoms. The molecule has 0 radical (unpaired) electrons. The molecule has 0 unspecified atom stereocenters. The van der Waals surface area contributed by atoms with Crippen LogP contribution in [0.4, 0.5) is 4.79 Å². The zero-order valence-electron chi connectivity index (χ0n) is 14.3. The molecule has 0 saturated heterocycles. The molecule has 0 atom stereocenters. The minimum absolute atomic E-state index is 0.260. The number of imidazole rings is 1. The lowest BCUT2D eigenvalue weighted by Gasteiger charge is -2.25. The molecule has 3 N–H and O–H groups in total. The van der Waals surface area contributed by atoms with E-state index in [2.05, 4.69) is 15.6 Å². The number of rotatable bonds is 8. The van der Waals surface area contributed by atoms with Gasteiger partial charge < -0.3 is 20.3 Å². The lowest BCUT2D eigenvalue weighted by molar-refractivity contribution is 0.0349. The van der Waals surface area contributed by atoms with Crippen LogP contribution in [0.15, 0.2) is 43.0 Å². The van der Waals surface area contributed by atoms with Gasteiger partial charge in [0.05, 0.1) is 11.9 Å². The number of benzene rings is 1. The third-order valence-corrected chi connectivity index (χ3v) is 4.29. The molecule has 24 heavy (non-hydrogen) atoms. The number of nitrogens with zero attached hydrogens (tertiary/aromatic N) is 2. The van der Waals surface area contributed by atoms with Crippen molar-refractivity contribution in [2.75, 3.05) is 6.54 Å². The first-order chi connectivity index (χ1) is 11.5. The van der Waals surface area contributed by atoms with E-state index in [4.69, 9.17) is 0 Å². The zero-order valence-corrected chi connectivity index (χ0v) is 14.3. The van der Waals surface area contributed by atoms with Crippen LogP contribution in [0.1, 0.15) is 37.8 Å². The number of hydrogen-bond donors (Lipinski definition) is 3. The summed E-state index contributed by atoms with van der Waals surface area (Å²) in [4.78, 5) is 15.9. The van der Waals surface area contributed by atoms with Gasteiger partial charge in [0.2, 0.25) is 0 Å². The molecule has 6 nitrogen and oxygen atoms in total. The van der Waals surface area contributed by atoms with Crippen LogP contribution >= 0.6 is 0 Å². The maximum absolute atomic E-state index is 11.8. The first kappa shape index (κ1) is 18.0. The van der Waals surface area contributed by atoms with E-state index in [1.54, 1.807) is 12.5 Å². The summed E-state index contributed by atoms with van der Waals surface area (Å²) in [7, 11) is 0. The lowest BCUT2D eigenvalue weighted by Crippen LogP contribution is -2.45. The highest BCUT2D eigenvalue weighted by Crippen LogP contribution is 2.12. The number of amides is 2. The van der Waals surface area contributed by atoms with Gasteiger partial charge in [-0.05, 0) is 24.0 Å². The van der Waals surface area contributed by atoms with Crippen LogP contribution in [-0.2, 0) is 13.1 Å². The van der Waals surface area contributed by atoms with Crippen molar-refractivity contribution in [3.63, 3.8) is 0 Å². The number of nitrogens with one attached hydrogen (secondary N) is 2. The van der Waals surface area contributed by atoms with E-state index in [-0.39, 0.29) is 12.6 Å². The molecule has 1 heterocycles. The van der Waals surface area contributed by atoms with Gasteiger partial charge in [0.25, 0.3) is 0 Å². The molecule has 6 heteroatoms. The van der Waals surface area contributed by atoms with E-state index in [9.17, 15) is 9.90 Å². The molecule has 0 spiro atoms. The summed E-state index contributed by atoms with van der Waals surface area (Å²) in [6, 6.07) is 7.82. The van der Waals surface area contributed by atoms with Gasteiger partial charge >= 0.3 is 6.03 Å². The van der Waals surface area contributed by atoms with Crippen LogP contribution in [0.25, 0.3) is 0 Å². The van der Waals surface area contributed by atoms with Gasteiger partial charge in [-0.3, -0.25) is 0 Å². The molecule has 0 aliphatic rings. The molecule has 2 aromatic rings. The Morgan fingerprint density at radius 1 is 1.17 bits per heavy atom. The Morgan fingerprint density at radius 2 is 1.83 bits per heavy atom. The highest BCUT2D eigenvalue weighted by atomic mass is 16.3. The number of aromatic nitrogens is 2. The Bertz CT molecular complexity index is 619. The van der Waals surface area contributed by atoms with Gasteiger partial charge in [0.1, 0.15) is 0 Å². The molecule has 0 aliphatic carbocycles. The second-order valence-electron chi connectivity index (χ2n) is 6.02. The fraction of sp³-hybridized carbons (Fsp3) is 0.444. The maximum Gasteiger partial charge on any atom is 0.315 e. The summed E-state index contributed by atoms with van der Waals surface area (Å²) in [5.74, 6) is 0. The number of aliphatic hydroxyl groups is 1. The van der Waals surface area contributed by atoms with Gasteiger partial charge in [-0.2, -0.15) is 0 Å². The van der Waals surface area contributed by atoms with Crippen molar-refractivity contribution in [2.45, 2.75) is 45.4 Å². The maximum atomic E-state index is 11.8.